The van der Waals surface area contributed by atoms with Gasteiger partial charge in [0.1, 0.15) is 5.82 Å². The fraction of sp³-hybridized carbons (Fsp3) is 0.222. The predicted molar refractivity (Wildman–Crippen MR) is 96.1 cm³/mol. The van der Waals surface area contributed by atoms with Crippen molar-refractivity contribution in [3.05, 3.63) is 79.2 Å². The van der Waals surface area contributed by atoms with Gasteiger partial charge in [-0.1, -0.05) is 28.1 Å². The standard InChI is InChI=1S/C18H16BrFN2O2/c1-11(2)22-16-9-14(20)7-8-15(16)17(23)21(18(22)24)10-12-3-5-13(19)6-4-12/h3-9,11H,10H2,1-2H3. The van der Waals surface area contributed by atoms with Gasteiger partial charge < -0.3 is 0 Å². The summed E-state index contributed by atoms with van der Waals surface area (Å²) in [5, 5.41) is 0.335. The van der Waals surface area contributed by atoms with Crippen LogP contribution in [0.15, 0.2) is 56.5 Å². The van der Waals surface area contributed by atoms with Gasteiger partial charge in [-0.2, -0.15) is 0 Å². The minimum Gasteiger partial charge on any atom is -0.291 e. The summed E-state index contributed by atoms with van der Waals surface area (Å²) < 4.78 is 17.2. The summed E-state index contributed by atoms with van der Waals surface area (Å²) in [5.41, 5.74) is 0.326. The summed E-state index contributed by atoms with van der Waals surface area (Å²) in [6, 6.07) is 11.1. The fourth-order valence-electron chi connectivity index (χ4n) is 2.76. The summed E-state index contributed by atoms with van der Waals surface area (Å²) in [6.45, 7) is 3.84. The highest BCUT2D eigenvalue weighted by Gasteiger charge is 2.16. The number of benzene rings is 2. The van der Waals surface area contributed by atoms with Crippen LogP contribution in [-0.4, -0.2) is 9.13 Å². The molecule has 6 heteroatoms. The molecule has 0 saturated heterocycles. The third kappa shape index (κ3) is 2.94. The molecule has 2 aromatic carbocycles. The zero-order valence-electron chi connectivity index (χ0n) is 13.3. The first-order valence-corrected chi connectivity index (χ1v) is 8.37. The molecule has 0 atom stereocenters. The summed E-state index contributed by atoms with van der Waals surface area (Å²) in [4.78, 5) is 25.5. The van der Waals surface area contributed by atoms with Crippen LogP contribution in [0.2, 0.25) is 0 Å². The minimum atomic E-state index is -0.471. The smallest absolute Gasteiger partial charge is 0.291 e. The molecule has 0 aliphatic rings. The van der Waals surface area contributed by atoms with E-state index in [4.69, 9.17) is 0 Å². The first-order valence-electron chi connectivity index (χ1n) is 7.57. The van der Waals surface area contributed by atoms with E-state index in [1.165, 1.54) is 27.3 Å². The first kappa shape index (κ1) is 16.6. The highest BCUT2D eigenvalue weighted by Crippen LogP contribution is 2.15. The van der Waals surface area contributed by atoms with Crippen LogP contribution in [0.3, 0.4) is 0 Å². The van der Waals surface area contributed by atoms with E-state index in [-0.39, 0.29) is 12.6 Å². The number of hydrogen-bond acceptors (Lipinski definition) is 2. The van der Waals surface area contributed by atoms with Crippen LogP contribution in [0.25, 0.3) is 10.9 Å². The predicted octanol–water partition coefficient (Wildman–Crippen LogP) is 3.69. The molecular formula is C18H16BrFN2O2. The molecule has 4 nitrogen and oxygen atoms in total. The second kappa shape index (κ2) is 6.36. The molecule has 3 rings (SSSR count). The van der Waals surface area contributed by atoms with E-state index in [2.05, 4.69) is 15.9 Å². The molecule has 24 heavy (non-hydrogen) atoms. The maximum atomic E-state index is 13.6. The Morgan fingerprint density at radius 1 is 1.08 bits per heavy atom. The van der Waals surface area contributed by atoms with Gasteiger partial charge in [0.05, 0.1) is 17.4 Å². The van der Waals surface area contributed by atoms with E-state index in [0.29, 0.717) is 10.9 Å². The number of hydrogen-bond donors (Lipinski definition) is 0. The van der Waals surface area contributed by atoms with Crippen LogP contribution in [-0.2, 0) is 6.54 Å². The van der Waals surface area contributed by atoms with Gasteiger partial charge in [-0.05, 0) is 49.7 Å². The molecule has 0 amide bonds. The first-order chi connectivity index (χ1) is 11.4. The van der Waals surface area contributed by atoms with Gasteiger partial charge in [-0.15, -0.1) is 0 Å². The molecule has 0 spiro atoms. The average molecular weight is 391 g/mol. The van der Waals surface area contributed by atoms with E-state index in [0.717, 1.165) is 10.0 Å². The van der Waals surface area contributed by atoms with Crippen molar-refractivity contribution >= 4 is 26.8 Å². The van der Waals surface area contributed by atoms with E-state index < -0.39 is 17.1 Å². The maximum absolute atomic E-state index is 13.6. The topological polar surface area (TPSA) is 44.0 Å². The van der Waals surface area contributed by atoms with Crippen molar-refractivity contribution in [2.75, 3.05) is 0 Å². The summed E-state index contributed by atoms with van der Waals surface area (Å²) in [7, 11) is 0. The van der Waals surface area contributed by atoms with Crippen LogP contribution >= 0.6 is 15.9 Å². The van der Waals surface area contributed by atoms with Crippen molar-refractivity contribution in [2.45, 2.75) is 26.4 Å². The molecular weight excluding hydrogens is 375 g/mol. The van der Waals surface area contributed by atoms with Gasteiger partial charge in [0, 0.05) is 10.5 Å². The normalized spacial score (nSPS) is 11.4. The Balaban J connectivity index is 2.28. The summed E-state index contributed by atoms with van der Waals surface area (Å²) in [5.74, 6) is -0.471. The highest BCUT2D eigenvalue weighted by atomic mass is 79.9. The van der Waals surface area contributed by atoms with Crippen molar-refractivity contribution in [2.24, 2.45) is 0 Å². The number of halogens is 2. The lowest BCUT2D eigenvalue weighted by Gasteiger charge is -2.17. The molecule has 1 heterocycles. The van der Waals surface area contributed by atoms with E-state index >= 15 is 0 Å². The van der Waals surface area contributed by atoms with Crippen LogP contribution < -0.4 is 11.2 Å². The fourth-order valence-corrected chi connectivity index (χ4v) is 3.03. The van der Waals surface area contributed by atoms with Crippen molar-refractivity contribution in [1.29, 1.82) is 0 Å². The Kier molecular flexibility index (Phi) is 4.41. The Labute approximate surface area is 146 Å². The van der Waals surface area contributed by atoms with Gasteiger partial charge >= 0.3 is 5.69 Å². The molecule has 1 aromatic heterocycles. The summed E-state index contributed by atoms with van der Waals surface area (Å²) >= 11 is 3.36. The van der Waals surface area contributed by atoms with Crippen LogP contribution in [0.1, 0.15) is 25.5 Å². The molecule has 124 valence electrons. The lowest BCUT2D eigenvalue weighted by Crippen LogP contribution is -2.41. The van der Waals surface area contributed by atoms with Gasteiger partial charge in [-0.3, -0.25) is 13.9 Å². The summed E-state index contributed by atoms with van der Waals surface area (Å²) in [6.07, 6.45) is 0. The molecule has 0 aliphatic carbocycles. The maximum Gasteiger partial charge on any atom is 0.332 e. The van der Waals surface area contributed by atoms with Crippen LogP contribution in [0, 0.1) is 5.82 Å². The minimum absolute atomic E-state index is 0.172. The number of fused-ring (bicyclic) bond motifs is 1. The third-order valence-corrected chi connectivity index (χ3v) is 4.43. The zero-order chi connectivity index (χ0) is 17.4. The van der Waals surface area contributed by atoms with Gasteiger partial charge in [0.15, 0.2) is 0 Å². The highest BCUT2D eigenvalue weighted by molar-refractivity contribution is 9.10. The zero-order valence-corrected chi connectivity index (χ0v) is 14.9. The van der Waals surface area contributed by atoms with Crippen molar-refractivity contribution in [3.8, 4) is 0 Å². The molecule has 3 aromatic rings. The molecule has 0 aliphatic heterocycles. The van der Waals surface area contributed by atoms with Gasteiger partial charge in [0.2, 0.25) is 0 Å². The molecule has 0 N–H and O–H groups in total. The Morgan fingerprint density at radius 3 is 2.38 bits per heavy atom. The Morgan fingerprint density at radius 2 is 1.75 bits per heavy atom. The molecule has 0 radical (unpaired) electrons. The van der Waals surface area contributed by atoms with E-state index in [1.54, 1.807) is 0 Å². The monoisotopic (exact) mass is 390 g/mol. The molecule has 0 bridgehead atoms. The number of rotatable bonds is 3. The quantitative estimate of drug-likeness (QED) is 0.684. The lowest BCUT2D eigenvalue weighted by atomic mass is 10.2. The van der Waals surface area contributed by atoms with Crippen molar-refractivity contribution < 1.29 is 4.39 Å². The van der Waals surface area contributed by atoms with Gasteiger partial charge in [0.25, 0.3) is 5.56 Å². The third-order valence-electron chi connectivity index (χ3n) is 3.90. The molecule has 0 saturated carbocycles. The SMILES string of the molecule is CC(C)n1c(=O)n(Cc2ccc(Br)cc2)c(=O)c2ccc(F)cc21. The Bertz CT molecular complexity index is 1020. The van der Waals surface area contributed by atoms with Crippen LogP contribution in [0.4, 0.5) is 4.39 Å². The van der Waals surface area contributed by atoms with Gasteiger partial charge in [-0.25, -0.2) is 9.18 Å². The van der Waals surface area contributed by atoms with Crippen molar-refractivity contribution in [3.63, 3.8) is 0 Å². The second-order valence-corrected chi connectivity index (χ2v) is 6.84. The number of aromatic nitrogens is 2. The molecule has 0 fully saturated rings. The Hall–Kier alpha value is -2.21. The number of nitrogens with zero attached hydrogens (tertiary/aromatic N) is 2. The van der Waals surface area contributed by atoms with Crippen LogP contribution in [0.5, 0.6) is 0 Å². The van der Waals surface area contributed by atoms with E-state index in [9.17, 15) is 14.0 Å². The largest absolute Gasteiger partial charge is 0.332 e. The van der Waals surface area contributed by atoms with E-state index in [1.807, 2.05) is 38.1 Å². The lowest BCUT2D eigenvalue weighted by molar-refractivity contribution is 0.541. The molecule has 0 unspecified atom stereocenters. The second-order valence-electron chi connectivity index (χ2n) is 5.93. The average Bonchev–Trinajstić information content (AvgIpc) is 2.52. The van der Waals surface area contributed by atoms with Crippen molar-refractivity contribution in [1.82, 2.24) is 9.13 Å².